The molecule has 0 aliphatic heterocycles. The zero-order valence-corrected chi connectivity index (χ0v) is 15.3. The molecule has 5 N–H and O–H groups in total. The van der Waals surface area contributed by atoms with Crippen molar-refractivity contribution in [3.8, 4) is 0 Å². The molecule has 0 spiro atoms. The Hall–Kier alpha value is -1.95. The van der Waals surface area contributed by atoms with E-state index in [0.29, 0.717) is 13.1 Å². The third kappa shape index (κ3) is 8.12. The first-order valence-corrected chi connectivity index (χ1v) is 8.83. The van der Waals surface area contributed by atoms with Crippen molar-refractivity contribution in [2.75, 3.05) is 31.5 Å². The van der Waals surface area contributed by atoms with E-state index in [4.69, 9.17) is 5.14 Å². The second-order valence-electron chi connectivity index (χ2n) is 4.86. The van der Waals surface area contributed by atoms with E-state index in [1.807, 2.05) is 6.92 Å². The Bertz CT molecular complexity index is 698. The molecule has 1 rings (SSSR count). The van der Waals surface area contributed by atoms with Gasteiger partial charge in [0, 0.05) is 32.1 Å². The number of halogens is 1. The molecule has 12 heteroatoms. The summed E-state index contributed by atoms with van der Waals surface area (Å²) in [7, 11) is -4.03. The van der Waals surface area contributed by atoms with Gasteiger partial charge in [0.05, 0.1) is 9.82 Å². The minimum absolute atomic E-state index is 0. The molecule has 25 heavy (non-hydrogen) atoms. The normalized spacial score (nSPS) is 10.6. The maximum atomic E-state index is 11.6. The van der Waals surface area contributed by atoms with E-state index >= 15 is 0 Å². The predicted octanol–water partition coefficient (Wildman–Crippen LogP) is 0.192. The van der Waals surface area contributed by atoms with E-state index in [2.05, 4.69) is 16.0 Å². The zero-order chi connectivity index (χ0) is 18.2. The van der Waals surface area contributed by atoms with Crippen molar-refractivity contribution >= 4 is 39.7 Å². The summed E-state index contributed by atoms with van der Waals surface area (Å²) in [6, 6.07) is 3.30. The number of carbonyl (C=O) groups excluding carboxylic acids is 1. The number of nitro groups is 1. The summed E-state index contributed by atoms with van der Waals surface area (Å²) in [5, 5.41) is 24.5. The maximum Gasteiger partial charge on any atom is 0.293 e. The minimum atomic E-state index is -4.03. The van der Waals surface area contributed by atoms with Gasteiger partial charge in [-0.1, -0.05) is 6.92 Å². The average Bonchev–Trinajstić information content (AvgIpc) is 2.50. The molecule has 0 aliphatic rings. The first kappa shape index (κ1) is 23.1. The molecule has 0 aliphatic carbocycles. The summed E-state index contributed by atoms with van der Waals surface area (Å²) >= 11 is 0. The smallest absolute Gasteiger partial charge is 0.293 e. The fourth-order valence-corrected chi connectivity index (χ4v) is 2.39. The molecule has 0 atom stereocenters. The van der Waals surface area contributed by atoms with Crippen LogP contribution in [0.5, 0.6) is 0 Å². The van der Waals surface area contributed by atoms with Gasteiger partial charge >= 0.3 is 0 Å². The van der Waals surface area contributed by atoms with Crippen LogP contribution in [0.1, 0.15) is 13.3 Å². The van der Waals surface area contributed by atoms with Gasteiger partial charge in [-0.15, -0.1) is 12.4 Å². The number of rotatable bonds is 10. The Morgan fingerprint density at radius 2 is 1.96 bits per heavy atom. The van der Waals surface area contributed by atoms with Crippen molar-refractivity contribution in [1.29, 1.82) is 0 Å². The number of nitrogens with one attached hydrogen (secondary N) is 3. The van der Waals surface area contributed by atoms with Gasteiger partial charge in [0.1, 0.15) is 5.69 Å². The molecule has 0 unspecified atom stereocenters. The number of hydrogen-bond acceptors (Lipinski definition) is 7. The molecule has 0 heterocycles. The molecule has 0 saturated heterocycles. The molecule has 1 aromatic carbocycles. The number of anilines is 1. The molecule has 142 valence electrons. The van der Waals surface area contributed by atoms with Gasteiger partial charge < -0.3 is 16.0 Å². The van der Waals surface area contributed by atoms with Gasteiger partial charge in [0.25, 0.3) is 5.69 Å². The van der Waals surface area contributed by atoms with Crippen molar-refractivity contribution in [2.24, 2.45) is 5.14 Å². The van der Waals surface area contributed by atoms with Gasteiger partial charge in [-0.25, -0.2) is 13.6 Å². The maximum absolute atomic E-state index is 11.6. The largest absolute Gasteiger partial charge is 0.379 e. The molecular weight excluding hydrogens is 374 g/mol. The number of sulfonamides is 1. The van der Waals surface area contributed by atoms with E-state index in [-0.39, 0.29) is 41.9 Å². The van der Waals surface area contributed by atoms with Crippen molar-refractivity contribution in [1.82, 2.24) is 10.6 Å². The standard InChI is InChI=1S/C13H21N5O5S.ClH/c1-2-15-7-8-17-13(19)5-6-16-11-4-3-10(24(14,22)23)9-12(11)18(20)21;/h3-4,9,15-16H,2,5-8H2,1H3,(H,17,19)(H2,14,22,23);1H. The number of amides is 1. The highest BCUT2D eigenvalue weighted by Gasteiger charge is 2.18. The van der Waals surface area contributed by atoms with Crippen LogP contribution in [0.2, 0.25) is 0 Å². The quantitative estimate of drug-likeness (QED) is 0.250. The van der Waals surface area contributed by atoms with Gasteiger partial charge in [-0.05, 0) is 18.7 Å². The Morgan fingerprint density at radius 3 is 2.52 bits per heavy atom. The Balaban J connectivity index is 0.00000576. The first-order valence-electron chi connectivity index (χ1n) is 7.28. The lowest BCUT2D eigenvalue weighted by Crippen LogP contribution is -2.32. The monoisotopic (exact) mass is 395 g/mol. The summed E-state index contributed by atoms with van der Waals surface area (Å²) in [5.74, 6) is -0.191. The van der Waals surface area contributed by atoms with Crippen LogP contribution in [0.4, 0.5) is 11.4 Å². The SMILES string of the molecule is CCNCCNC(=O)CCNc1ccc(S(N)(=O)=O)cc1[N+](=O)[O-].Cl. The number of hydrogen-bond donors (Lipinski definition) is 4. The summed E-state index contributed by atoms with van der Waals surface area (Å²) in [5.41, 5.74) is -0.304. The average molecular weight is 396 g/mol. The van der Waals surface area contributed by atoms with E-state index < -0.39 is 20.6 Å². The minimum Gasteiger partial charge on any atom is -0.379 e. The second-order valence-corrected chi connectivity index (χ2v) is 6.42. The third-order valence-corrected chi connectivity index (χ3v) is 3.95. The Labute approximate surface area is 152 Å². The molecule has 0 bridgehead atoms. The number of benzene rings is 1. The lowest BCUT2D eigenvalue weighted by molar-refractivity contribution is -0.384. The number of carbonyl (C=O) groups is 1. The molecule has 0 aromatic heterocycles. The summed E-state index contributed by atoms with van der Waals surface area (Å²) in [6.45, 7) is 4.10. The third-order valence-electron chi connectivity index (χ3n) is 3.04. The lowest BCUT2D eigenvalue weighted by Gasteiger charge is -2.09. The highest BCUT2D eigenvalue weighted by atomic mass is 35.5. The van der Waals surface area contributed by atoms with Crippen molar-refractivity contribution < 1.29 is 18.1 Å². The predicted molar refractivity (Wildman–Crippen MR) is 96.4 cm³/mol. The van der Waals surface area contributed by atoms with Crippen LogP contribution >= 0.6 is 12.4 Å². The van der Waals surface area contributed by atoms with Crippen LogP contribution in [0.3, 0.4) is 0 Å². The van der Waals surface area contributed by atoms with Crippen LogP contribution in [-0.2, 0) is 14.8 Å². The molecular formula is C13H22ClN5O5S. The van der Waals surface area contributed by atoms with Gasteiger partial charge in [0.2, 0.25) is 15.9 Å². The van der Waals surface area contributed by atoms with Crippen LogP contribution in [0.25, 0.3) is 0 Å². The highest BCUT2D eigenvalue weighted by molar-refractivity contribution is 7.89. The summed E-state index contributed by atoms with van der Waals surface area (Å²) in [4.78, 5) is 21.6. The lowest BCUT2D eigenvalue weighted by atomic mass is 10.2. The van der Waals surface area contributed by atoms with E-state index in [1.54, 1.807) is 0 Å². The van der Waals surface area contributed by atoms with E-state index in [0.717, 1.165) is 12.6 Å². The molecule has 0 saturated carbocycles. The Kier molecular flexibility index (Phi) is 9.98. The van der Waals surface area contributed by atoms with Crippen molar-refractivity contribution in [3.63, 3.8) is 0 Å². The van der Waals surface area contributed by atoms with Gasteiger partial charge in [-0.2, -0.15) is 0 Å². The summed E-state index contributed by atoms with van der Waals surface area (Å²) in [6.07, 6.45) is 0.125. The number of nitro benzene ring substituents is 1. The van der Waals surface area contributed by atoms with Crippen LogP contribution in [-0.4, -0.2) is 45.4 Å². The van der Waals surface area contributed by atoms with Crippen LogP contribution < -0.4 is 21.1 Å². The molecule has 1 aromatic rings. The van der Waals surface area contributed by atoms with Crippen molar-refractivity contribution in [2.45, 2.75) is 18.2 Å². The molecule has 10 nitrogen and oxygen atoms in total. The number of likely N-dealkylation sites (N-methyl/N-ethyl adjacent to an activating group) is 1. The summed E-state index contributed by atoms with van der Waals surface area (Å²) < 4.78 is 22.5. The molecule has 0 radical (unpaired) electrons. The zero-order valence-electron chi connectivity index (χ0n) is 13.6. The fourth-order valence-electron chi connectivity index (χ4n) is 1.86. The van der Waals surface area contributed by atoms with E-state index in [1.165, 1.54) is 12.1 Å². The fraction of sp³-hybridized carbons (Fsp3) is 0.462. The number of nitrogens with zero attached hydrogens (tertiary/aromatic N) is 1. The Morgan fingerprint density at radius 1 is 1.28 bits per heavy atom. The number of primary sulfonamides is 1. The van der Waals surface area contributed by atoms with Crippen molar-refractivity contribution in [3.05, 3.63) is 28.3 Å². The first-order chi connectivity index (χ1) is 11.3. The van der Waals surface area contributed by atoms with Crippen LogP contribution in [0, 0.1) is 10.1 Å². The second kappa shape index (κ2) is 10.8. The van der Waals surface area contributed by atoms with Gasteiger partial charge in [-0.3, -0.25) is 14.9 Å². The van der Waals surface area contributed by atoms with E-state index in [9.17, 15) is 23.3 Å². The highest BCUT2D eigenvalue weighted by Crippen LogP contribution is 2.27. The number of nitrogens with two attached hydrogens (primary N) is 1. The topological polar surface area (TPSA) is 156 Å². The molecule has 1 amide bonds. The molecule has 0 fully saturated rings. The van der Waals surface area contributed by atoms with Gasteiger partial charge in [0.15, 0.2) is 0 Å². The van der Waals surface area contributed by atoms with Crippen LogP contribution in [0.15, 0.2) is 23.1 Å².